The summed E-state index contributed by atoms with van der Waals surface area (Å²) >= 11 is 0. The Hall–Kier alpha value is -2.24. The molecule has 0 saturated heterocycles. The summed E-state index contributed by atoms with van der Waals surface area (Å²) in [7, 11) is 0. The maximum Gasteiger partial charge on any atom is 0.134 e. The monoisotopic (exact) mass is 240 g/mol. The fourth-order valence-electron chi connectivity index (χ4n) is 1.95. The van der Waals surface area contributed by atoms with Gasteiger partial charge in [-0.25, -0.2) is 15.4 Å². The maximum absolute atomic E-state index is 5.78. The molecule has 1 unspecified atom stereocenters. The van der Waals surface area contributed by atoms with Gasteiger partial charge in [-0.05, 0) is 12.1 Å². The van der Waals surface area contributed by atoms with Gasteiger partial charge in [-0.15, -0.1) is 0 Å². The summed E-state index contributed by atoms with van der Waals surface area (Å²) in [4.78, 5) is 7.97. The topological polar surface area (TPSA) is 77.0 Å². The second-order valence-corrected chi connectivity index (χ2v) is 3.96. The fourth-order valence-corrected chi connectivity index (χ4v) is 1.95. The minimum absolute atomic E-state index is 0.251. The van der Waals surface area contributed by atoms with Crippen LogP contribution in [-0.4, -0.2) is 9.97 Å². The van der Waals surface area contributed by atoms with E-state index in [4.69, 9.17) is 10.3 Å². The van der Waals surface area contributed by atoms with Gasteiger partial charge in [-0.1, -0.05) is 18.2 Å². The minimum Gasteiger partial charge on any atom is -0.459 e. The van der Waals surface area contributed by atoms with Crippen LogP contribution < -0.4 is 11.3 Å². The Balaban J connectivity index is 2.06. The number of hydrazine groups is 1. The quantitative estimate of drug-likeness (QED) is 0.539. The molecule has 0 aliphatic rings. The average molecular weight is 240 g/mol. The number of nitrogens with two attached hydrogens (primary N) is 1. The first kappa shape index (κ1) is 10.9. The van der Waals surface area contributed by atoms with Gasteiger partial charge in [0.25, 0.3) is 0 Å². The molecule has 2 heterocycles. The zero-order chi connectivity index (χ0) is 12.4. The average Bonchev–Trinajstić information content (AvgIpc) is 2.84. The number of nitrogens with one attached hydrogen (secondary N) is 1. The molecule has 90 valence electrons. The first-order valence-corrected chi connectivity index (χ1v) is 5.58. The van der Waals surface area contributed by atoms with Crippen LogP contribution in [0.15, 0.2) is 53.5 Å². The molecule has 0 fully saturated rings. The van der Waals surface area contributed by atoms with Crippen LogP contribution >= 0.6 is 0 Å². The van der Waals surface area contributed by atoms with Crippen LogP contribution in [0.1, 0.15) is 17.4 Å². The van der Waals surface area contributed by atoms with Crippen molar-refractivity contribution in [2.75, 3.05) is 0 Å². The molecule has 0 spiro atoms. The van der Waals surface area contributed by atoms with Crippen LogP contribution in [0.4, 0.5) is 0 Å². The van der Waals surface area contributed by atoms with E-state index < -0.39 is 0 Å². The molecule has 0 radical (unpaired) electrons. The van der Waals surface area contributed by atoms with Crippen LogP contribution in [0.5, 0.6) is 0 Å². The molecule has 5 nitrogen and oxygen atoms in total. The van der Waals surface area contributed by atoms with Gasteiger partial charge in [0, 0.05) is 23.3 Å². The molecule has 18 heavy (non-hydrogen) atoms. The second-order valence-electron chi connectivity index (χ2n) is 3.96. The number of hydrogen-bond acceptors (Lipinski definition) is 5. The van der Waals surface area contributed by atoms with E-state index in [0.717, 1.165) is 22.3 Å². The third-order valence-electron chi connectivity index (χ3n) is 2.81. The lowest BCUT2D eigenvalue weighted by atomic mass is 10.1. The molecule has 1 aromatic carbocycles. The highest BCUT2D eigenvalue weighted by atomic mass is 16.3. The molecular weight excluding hydrogens is 228 g/mol. The lowest BCUT2D eigenvalue weighted by Crippen LogP contribution is -2.28. The molecule has 0 bridgehead atoms. The zero-order valence-electron chi connectivity index (χ0n) is 9.58. The summed E-state index contributed by atoms with van der Waals surface area (Å²) in [6, 6.07) is 9.54. The minimum atomic E-state index is -0.251. The number of aromatic nitrogens is 2. The van der Waals surface area contributed by atoms with Gasteiger partial charge < -0.3 is 4.42 Å². The van der Waals surface area contributed by atoms with Crippen LogP contribution in [0, 0.1) is 0 Å². The molecule has 2 aromatic heterocycles. The number of hydrogen-bond donors (Lipinski definition) is 2. The van der Waals surface area contributed by atoms with E-state index >= 15 is 0 Å². The van der Waals surface area contributed by atoms with Gasteiger partial charge in [-0.2, -0.15) is 0 Å². The third kappa shape index (κ3) is 1.85. The number of benzene rings is 1. The van der Waals surface area contributed by atoms with Crippen LogP contribution in [0.3, 0.4) is 0 Å². The van der Waals surface area contributed by atoms with Crippen molar-refractivity contribution < 1.29 is 4.42 Å². The van der Waals surface area contributed by atoms with Crippen molar-refractivity contribution in [2.24, 2.45) is 5.84 Å². The highest BCUT2D eigenvalue weighted by molar-refractivity contribution is 5.77. The first-order valence-electron chi connectivity index (χ1n) is 5.58. The number of para-hydroxylation sites is 1. The molecule has 0 saturated carbocycles. The van der Waals surface area contributed by atoms with Crippen molar-refractivity contribution in [1.82, 2.24) is 15.4 Å². The Kier molecular flexibility index (Phi) is 2.76. The summed E-state index contributed by atoms with van der Waals surface area (Å²) in [6.07, 6.45) is 4.91. The van der Waals surface area contributed by atoms with E-state index in [2.05, 4.69) is 15.4 Å². The van der Waals surface area contributed by atoms with E-state index in [1.54, 1.807) is 12.4 Å². The Morgan fingerprint density at radius 2 is 1.94 bits per heavy atom. The number of furan rings is 1. The predicted octanol–water partition coefficient (Wildman–Crippen LogP) is 1.78. The smallest absolute Gasteiger partial charge is 0.134 e. The normalized spacial score (nSPS) is 12.7. The van der Waals surface area contributed by atoms with Crippen molar-refractivity contribution >= 4 is 11.0 Å². The highest BCUT2D eigenvalue weighted by Gasteiger charge is 2.17. The molecule has 5 heteroatoms. The molecule has 0 aliphatic heterocycles. The molecular formula is C13H12N4O. The largest absolute Gasteiger partial charge is 0.459 e. The summed E-state index contributed by atoms with van der Waals surface area (Å²) < 4.78 is 5.78. The van der Waals surface area contributed by atoms with Crippen LogP contribution in [0.2, 0.25) is 0 Å². The summed E-state index contributed by atoms with van der Waals surface area (Å²) in [6.45, 7) is 0. The van der Waals surface area contributed by atoms with Crippen LogP contribution in [0.25, 0.3) is 11.0 Å². The number of nitrogens with zero attached hydrogens (tertiary/aromatic N) is 2. The van der Waals surface area contributed by atoms with Crippen LogP contribution in [-0.2, 0) is 0 Å². The van der Waals surface area contributed by atoms with Gasteiger partial charge >= 0.3 is 0 Å². The van der Waals surface area contributed by atoms with E-state index in [1.165, 1.54) is 6.33 Å². The van der Waals surface area contributed by atoms with E-state index in [1.807, 2.05) is 30.3 Å². The van der Waals surface area contributed by atoms with E-state index in [0.29, 0.717) is 0 Å². The molecule has 3 rings (SSSR count). The third-order valence-corrected chi connectivity index (χ3v) is 2.81. The van der Waals surface area contributed by atoms with Gasteiger partial charge in [0.05, 0.1) is 0 Å². The molecule has 1 atom stereocenters. The maximum atomic E-state index is 5.78. The molecule has 0 aliphatic carbocycles. The molecule has 3 N–H and O–H groups in total. The van der Waals surface area contributed by atoms with Crippen molar-refractivity contribution in [3.63, 3.8) is 0 Å². The molecule has 3 aromatic rings. The summed E-state index contributed by atoms with van der Waals surface area (Å²) in [5.41, 5.74) is 4.42. The van der Waals surface area contributed by atoms with Gasteiger partial charge in [0.15, 0.2) is 0 Å². The highest BCUT2D eigenvalue weighted by Crippen LogP contribution is 2.26. The lowest BCUT2D eigenvalue weighted by molar-refractivity contribution is 0.476. The van der Waals surface area contributed by atoms with Gasteiger partial charge in [-0.3, -0.25) is 5.84 Å². The van der Waals surface area contributed by atoms with Crippen molar-refractivity contribution in [3.8, 4) is 0 Å². The second kappa shape index (κ2) is 4.56. The predicted molar refractivity (Wildman–Crippen MR) is 67.4 cm³/mol. The summed E-state index contributed by atoms with van der Waals surface area (Å²) in [5, 5.41) is 1.05. The number of rotatable bonds is 3. The Bertz CT molecular complexity index is 617. The van der Waals surface area contributed by atoms with Gasteiger partial charge in [0.2, 0.25) is 0 Å². The SMILES string of the molecule is NNC(c1cncnc1)c1cc2ccccc2o1. The number of fused-ring (bicyclic) bond motifs is 1. The Labute approximate surface area is 104 Å². The summed E-state index contributed by atoms with van der Waals surface area (Å²) in [5.74, 6) is 6.34. The fraction of sp³-hybridized carbons (Fsp3) is 0.0769. The van der Waals surface area contributed by atoms with E-state index in [9.17, 15) is 0 Å². The van der Waals surface area contributed by atoms with E-state index in [-0.39, 0.29) is 6.04 Å². The molecule has 0 amide bonds. The van der Waals surface area contributed by atoms with Crippen molar-refractivity contribution in [1.29, 1.82) is 0 Å². The van der Waals surface area contributed by atoms with Gasteiger partial charge in [0.1, 0.15) is 23.7 Å². The Morgan fingerprint density at radius 1 is 1.17 bits per heavy atom. The van der Waals surface area contributed by atoms with Crippen molar-refractivity contribution in [2.45, 2.75) is 6.04 Å². The standard InChI is InChI=1S/C13H12N4O/c14-17-13(10-6-15-8-16-7-10)12-5-9-3-1-2-4-11(9)18-12/h1-8,13,17H,14H2. The zero-order valence-corrected chi connectivity index (χ0v) is 9.58. The lowest BCUT2D eigenvalue weighted by Gasteiger charge is -2.12. The Morgan fingerprint density at radius 3 is 2.67 bits per heavy atom. The van der Waals surface area contributed by atoms with Crippen molar-refractivity contribution in [3.05, 3.63) is 60.4 Å². The first-order chi connectivity index (χ1) is 8.88.